The number of pyridine rings is 1. The van der Waals surface area contributed by atoms with E-state index in [1.54, 1.807) is 43.3 Å². The maximum Gasteiger partial charge on any atom is 0.345 e. The third-order valence-electron chi connectivity index (χ3n) is 3.35. The number of carboxylic acids is 1. The number of fused-ring (bicyclic) bond motifs is 1. The average molecular weight is 330 g/mol. The van der Waals surface area contributed by atoms with Gasteiger partial charge in [0.2, 0.25) is 0 Å². The SMILES string of the molecule is Cc1cccn2c(=O)c(C(=O)O)c(Nc3cccc(Cl)c3)nc12. The van der Waals surface area contributed by atoms with E-state index in [0.717, 1.165) is 5.56 Å². The predicted octanol–water partition coefficient (Wildman–Crippen LogP) is 3.10. The number of hydrogen-bond acceptors (Lipinski definition) is 4. The summed E-state index contributed by atoms with van der Waals surface area (Å²) in [5, 5.41) is 12.7. The number of rotatable bonds is 3. The largest absolute Gasteiger partial charge is 0.477 e. The number of halogens is 1. The zero-order valence-corrected chi connectivity index (χ0v) is 12.8. The minimum absolute atomic E-state index is 0.0148. The standard InChI is InChI=1S/C16H12ClN3O3/c1-9-4-3-7-20-14(9)19-13(12(15(20)21)16(22)23)18-11-6-2-5-10(17)8-11/h2-8,18H,1H3,(H,22,23). The van der Waals surface area contributed by atoms with Gasteiger partial charge in [0.1, 0.15) is 5.65 Å². The van der Waals surface area contributed by atoms with E-state index in [-0.39, 0.29) is 5.82 Å². The molecule has 7 heteroatoms. The van der Waals surface area contributed by atoms with Crippen molar-refractivity contribution in [3.05, 3.63) is 69.1 Å². The van der Waals surface area contributed by atoms with Crippen molar-refractivity contribution < 1.29 is 9.90 Å². The molecule has 2 N–H and O–H groups in total. The molecular formula is C16H12ClN3O3. The van der Waals surface area contributed by atoms with E-state index in [0.29, 0.717) is 16.4 Å². The van der Waals surface area contributed by atoms with Gasteiger partial charge in [-0.3, -0.25) is 9.20 Å². The molecule has 0 amide bonds. The highest BCUT2D eigenvalue weighted by Gasteiger charge is 2.20. The van der Waals surface area contributed by atoms with Gasteiger partial charge in [0.15, 0.2) is 11.4 Å². The lowest BCUT2D eigenvalue weighted by Crippen LogP contribution is -2.25. The Labute approximate surface area is 136 Å². The Kier molecular flexibility index (Phi) is 3.75. The fraction of sp³-hybridized carbons (Fsp3) is 0.0625. The number of hydrogen-bond donors (Lipinski definition) is 2. The molecule has 23 heavy (non-hydrogen) atoms. The van der Waals surface area contributed by atoms with Gasteiger partial charge in [-0.25, -0.2) is 9.78 Å². The lowest BCUT2D eigenvalue weighted by Gasteiger charge is -2.11. The Morgan fingerprint density at radius 3 is 2.78 bits per heavy atom. The minimum atomic E-state index is -1.34. The molecule has 3 rings (SSSR count). The molecule has 6 nitrogen and oxygen atoms in total. The number of aromatic carboxylic acids is 1. The Bertz CT molecular complexity index is 982. The van der Waals surface area contributed by atoms with Crippen molar-refractivity contribution in [2.45, 2.75) is 6.92 Å². The molecule has 0 bridgehead atoms. The first kappa shape index (κ1) is 15.1. The molecule has 0 aliphatic carbocycles. The van der Waals surface area contributed by atoms with Crippen LogP contribution < -0.4 is 10.9 Å². The van der Waals surface area contributed by atoms with Gasteiger partial charge in [0.25, 0.3) is 5.56 Å². The van der Waals surface area contributed by atoms with E-state index in [1.165, 1.54) is 10.6 Å². The Hall–Kier alpha value is -2.86. The maximum atomic E-state index is 12.5. The number of carboxylic acid groups (broad SMARTS) is 1. The van der Waals surface area contributed by atoms with E-state index in [2.05, 4.69) is 10.3 Å². The van der Waals surface area contributed by atoms with E-state index < -0.39 is 17.1 Å². The number of anilines is 2. The van der Waals surface area contributed by atoms with Crippen LogP contribution in [-0.4, -0.2) is 20.5 Å². The first-order valence-corrected chi connectivity index (χ1v) is 7.13. The molecule has 0 fully saturated rings. The molecule has 0 aliphatic rings. The number of aromatic nitrogens is 2. The maximum absolute atomic E-state index is 12.5. The summed E-state index contributed by atoms with van der Waals surface area (Å²) in [6.45, 7) is 1.80. The summed E-state index contributed by atoms with van der Waals surface area (Å²) in [5.74, 6) is -1.36. The zero-order chi connectivity index (χ0) is 16.6. The van der Waals surface area contributed by atoms with Gasteiger partial charge >= 0.3 is 5.97 Å². The van der Waals surface area contributed by atoms with Crippen molar-refractivity contribution in [1.82, 2.24) is 9.38 Å². The normalized spacial score (nSPS) is 10.7. The van der Waals surface area contributed by atoms with Crippen molar-refractivity contribution in [2.24, 2.45) is 0 Å². The third kappa shape index (κ3) is 2.76. The van der Waals surface area contributed by atoms with Crippen LogP contribution in [0.4, 0.5) is 11.5 Å². The fourth-order valence-electron chi connectivity index (χ4n) is 2.28. The second kappa shape index (κ2) is 5.73. The van der Waals surface area contributed by atoms with E-state index in [9.17, 15) is 14.7 Å². The fourth-order valence-corrected chi connectivity index (χ4v) is 2.47. The van der Waals surface area contributed by atoms with Crippen LogP contribution in [-0.2, 0) is 0 Å². The second-order valence-electron chi connectivity index (χ2n) is 4.97. The van der Waals surface area contributed by atoms with Crippen LogP contribution in [0, 0.1) is 6.92 Å². The average Bonchev–Trinajstić information content (AvgIpc) is 2.48. The molecule has 2 heterocycles. The van der Waals surface area contributed by atoms with Gasteiger partial charge in [-0.05, 0) is 36.8 Å². The predicted molar refractivity (Wildman–Crippen MR) is 87.9 cm³/mol. The number of nitrogens with zero attached hydrogens (tertiary/aromatic N) is 2. The van der Waals surface area contributed by atoms with Gasteiger partial charge in [-0.1, -0.05) is 23.7 Å². The highest BCUT2D eigenvalue weighted by atomic mass is 35.5. The first-order valence-electron chi connectivity index (χ1n) is 6.75. The minimum Gasteiger partial charge on any atom is -0.477 e. The monoisotopic (exact) mass is 329 g/mol. The highest BCUT2D eigenvalue weighted by molar-refractivity contribution is 6.30. The van der Waals surface area contributed by atoms with Gasteiger partial charge in [0, 0.05) is 16.9 Å². The summed E-state index contributed by atoms with van der Waals surface area (Å²) in [7, 11) is 0. The van der Waals surface area contributed by atoms with Crippen LogP contribution in [0.25, 0.3) is 5.65 Å². The summed E-state index contributed by atoms with van der Waals surface area (Å²) in [6, 6.07) is 10.2. The van der Waals surface area contributed by atoms with Crippen molar-refractivity contribution in [2.75, 3.05) is 5.32 Å². The van der Waals surface area contributed by atoms with Gasteiger partial charge in [0.05, 0.1) is 0 Å². The molecule has 0 spiro atoms. The van der Waals surface area contributed by atoms with E-state index in [4.69, 9.17) is 11.6 Å². The number of carbonyl (C=O) groups is 1. The van der Waals surface area contributed by atoms with Crippen LogP contribution >= 0.6 is 11.6 Å². The number of nitrogens with one attached hydrogen (secondary N) is 1. The summed E-state index contributed by atoms with van der Waals surface area (Å²) >= 11 is 5.92. The van der Waals surface area contributed by atoms with Crippen LogP contribution in [0.3, 0.4) is 0 Å². The van der Waals surface area contributed by atoms with Crippen molar-refractivity contribution in [3.8, 4) is 0 Å². The molecule has 2 aromatic heterocycles. The Balaban J connectivity index is 2.26. The zero-order valence-electron chi connectivity index (χ0n) is 12.1. The van der Waals surface area contributed by atoms with Crippen LogP contribution in [0.15, 0.2) is 47.4 Å². The van der Waals surface area contributed by atoms with Gasteiger partial charge in [-0.2, -0.15) is 0 Å². The van der Waals surface area contributed by atoms with Gasteiger partial charge < -0.3 is 10.4 Å². The van der Waals surface area contributed by atoms with Crippen molar-refractivity contribution >= 4 is 34.7 Å². The Morgan fingerprint density at radius 2 is 2.09 bits per heavy atom. The molecule has 0 saturated carbocycles. The topological polar surface area (TPSA) is 83.7 Å². The van der Waals surface area contributed by atoms with Gasteiger partial charge in [-0.15, -0.1) is 0 Å². The lowest BCUT2D eigenvalue weighted by molar-refractivity contribution is 0.0695. The van der Waals surface area contributed by atoms with E-state index >= 15 is 0 Å². The van der Waals surface area contributed by atoms with Crippen LogP contribution in [0.5, 0.6) is 0 Å². The van der Waals surface area contributed by atoms with Crippen LogP contribution in [0.1, 0.15) is 15.9 Å². The molecule has 0 saturated heterocycles. The first-order chi connectivity index (χ1) is 11.0. The second-order valence-corrected chi connectivity index (χ2v) is 5.40. The molecule has 0 atom stereocenters. The molecule has 116 valence electrons. The molecule has 3 aromatic rings. The smallest absolute Gasteiger partial charge is 0.345 e. The lowest BCUT2D eigenvalue weighted by atomic mass is 10.2. The Morgan fingerprint density at radius 1 is 1.30 bits per heavy atom. The summed E-state index contributed by atoms with van der Waals surface area (Å²) in [4.78, 5) is 28.3. The molecule has 1 aromatic carbocycles. The molecule has 0 unspecified atom stereocenters. The third-order valence-corrected chi connectivity index (χ3v) is 3.59. The van der Waals surface area contributed by atoms with Crippen molar-refractivity contribution in [1.29, 1.82) is 0 Å². The molecular weight excluding hydrogens is 318 g/mol. The highest BCUT2D eigenvalue weighted by Crippen LogP contribution is 2.21. The van der Waals surface area contributed by atoms with Crippen LogP contribution in [0.2, 0.25) is 5.02 Å². The van der Waals surface area contributed by atoms with Crippen molar-refractivity contribution in [3.63, 3.8) is 0 Å². The molecule has 0 radical (unpaired) electrons. The quantitative estimate of drug-likeness (QED) is 0.771. The summed E-state index contributed by atoms with van der Waals surface area (Å²) in [5.41, 5.74) is 0.636. The van der Waals surface area contributed by atoms with E-state index in [1.807, 2.05) is 0 Å². The number of benzene rings is 1. The number of aryl methyl sites for hydroxylation is 1. The summed E-state index contributed by atoms with van der Waals surface area (Å²) in [6.07, 6.45) is 1.49. The summed E-state index contributed by atoms with van der Waals surface area (Å²) < 4.78 is 1.22. The molecule has 0 aliphatic heterocycles.